The molecule has 10 heteroatoms. The predicted octanol–water partition coefficient (Wildman–Crippen LogP) is 5.41. The molecule has 192 valence electrons. The number of benzene rings is 3. The quantitative estimate of drug-likeness (QED) is 0.263. The molecule has 2 amide bonds. The Kier molecular flexibility index (Phi) is 7.89. The van der Waals surface area contributed by atoms with Crippen molar-refractivity contribution in [3.63, 3.8) is 0 Å². The van der Waals surface area contributed by atoms with E-state index in [2.05, 4.69) is 0 Å². The van der Waals surface area contributed by atoms with E-state index in [4.69, 9.17) is 13.7 Å². The van der Waals surface area contributed by atoms with Crippen LogP contribution in [0.25, 0.3) is 6.08 Å². The molecular formula is C27H25NO7S2. The minimum Gasteiger partial charge on any atom is -0.497 e. The predicted molar refractivity (Wildman–Crippen MR) is 141 cm³/mol. The van der Waals surface area contributed by atoms with Gasteiger partial charge in [-0.15, -0.1) is 0 Å². The molecule has 37 heavy (non-hydrogen) atoms. The molecule has 1 saturated heterocycles. The van der Waals surface area contributed by atoms with Gasteiger partial charge in [0.15, 0.2) is 11.5 Å². The summed E-state index contributed by atoms with van der Waals surface area (Å²) in [6.45, 7) is 4.13. The Morgan fingerprint density at radius 2 is 1.70 bits per heavy atom. The van der Waals surface area contributed by atoms with Crippen molar-refractivity contribution < 1.29 is 31.7 Å². The van der Waals surface area contributed by atoms with Crippen molar-refractivity contribution >= 4 is 39.1 Å². The van der Waals surface area contributed by atoms with Crippen LogP contribution >= 0.6 is 11.8 Å². The van der Waals surface area contributed by atoms with E-state index in [0.29, 0.717) is 11.3 Å². The van der Waals surface area contributed by atoms with Crippen LogP contribution in [0.1, 0.15) is 23.6 Å². The number of rotatable bonds is 9. The minimum atomic E-state index is -4.13. The molecule has 0 aromatic heterocycles. The number of hydrogen-bond donors (Lipinski definition) is 0. The van der Waals surface area contributed by atoms with Crippen LogP contribution in [0.3, 0.4) is 0 Å². The zero-order chi connectivity index (χ0) is 26.6. The monoisotopic (exact) mass is 539 g/mol. The Labute approximate surface area is 220 Å². The number of aryl methyl sites for hydroxylation is 1. The lowest BCUT2D eigenvalue weighted by atomic mass is 10.1. The van der Waals surface area contributed by atoms with E-state index in [1.54, 1.807) is 25.1 Å². The maximum atomic E-state index is 13.0. The molecule has 0 radical (unpaired) electrons. The van der Waals surface area contributed by atoms with Crippen molar-refractivity contribution in [2.24, 2.45) is 0 Å². The third-order valence-electron chi connectivity index (χ3n) is 5.58. The van der Waals surface area contributed by atoms with Crippen molar-refractivity contribution in [3.8, 4) is 17.2 Å². The lowest BCUT2D eigenvalue weighted by Crippen LogP contribution is -2.27. The molecule has 3 aromatic carbocycles. The minimum absolute atomic E-state index is 0.00229. The van der Waals surface area contributed by atoms with Gasteiger partial charge in [-0.2, -0.15) is 8.42 Å². The number of methoxy groups -OCH3 is 1. The summed E-state index contributed by atoms with van der Waals surface area (Å²) >= 11 is 0.856. The number of amides is 2. The molecule has 3 aromatic rings. The molecule has 8 nitrogen and oxygen atoms in total. The molecule has 0 aliphatic carbocycles. The lowest BCUT2D eigenvalue weighted by molar-refractivity contribution is -0.123. The average molecular weight is 540 g/mol. The molecule has 4 rings (SSSR count). The van der Waals surface area contributed by atoms with Gasteiger partial charge in [-0.1, -0.05) is 30.3 Å². The van der Waals surface area contributed by atoms with Gasteiger partial charge >= 0.3 is 10.1 Å². The Bertz CT molecular complexity index is 1460. The van der Waals surface area contributed by atoms with Crippen molar-refractivity contribution in [2.45, 2.75) is 25.3 Å². The normalized spacial score (nSPS) is 14.8. The molecule has 1 fully saturated rings. The molecule has 0 unspecified atom stereocenters. The number of carbonyl (C=O) groups excluding carboxylic acids is 2. The highest BCUT2D eigenvalue weighted by Gasteiger charge is 2.35. The number of ether oxygens (including phenoxy) is 2. The Hall–Kier alpha value is -3.76. The summed E-state index contributed by atoms with van der Waals surface area (Å²) in [7, 11) is -2.64. The number of thioether (sulfide) groups is 1. The van der Waals surface area contributed by atoms with Gasteiger partial charge in [0.2, 0.25) is 0 Å². The van der Waals surface area contributed by atoms with Crippen LogP contribution < -0.4 is 13.7 Å². The maximum absolute atomic E-state index is 13.0. The standard InChI is InChI=1S/C27H25NO7S2/c1-4-34-24-15-19(9-14-23(24)35-37(31,32)22-12-10-21(33-3)11-13-22)16-25-26(29)28(27(30)36-25)17-20-8-6-5-7-18(20)2/h5-16H,4,17H2,1-3H3/b25-16-. The van der Waals surface area contributed by atoms with E-state index in [-0.39, 0.29) is 39.7 Å². The lowest BCUT2D eigenvalue weighted by Gasteiger charge is -2.14. The number of imide groups is 1. The molecule has 1 aliphatic rings. The maximum Gasteiger partial charge on any atom is 0.339 e. The molecule has 0 spiro atoms. The first-order valence-electron chi connectivity index (χ1n) is 11.4. The molecule has 0 bridgehead atoms. The van der Waals surface area contributed by atoms with E-state index in [1.165, 1.54) is 42.3 Å². The van der Waals surface area contributed by atoms with E-state index in [1.807, 2.05) is 31.2 Å². The van der Waals surface area contributed by atoms with Crippen molar-refractivity contribution in [1.82, 2.24) is 4.90 Å². The van der Waals surface area contributed by atoms with Gasteiger partial charge in [0, 0.05) is 0 Å². The van der Waals surface area contributed by atoms with E-state index >= 15 is 0 Å². The fourth-order valence-corrected chi connectivity index (χ4v) is 5.38. The molecule has 0 atom stereocenters. The van der Waals surface area contributed by atoms with Crippen molar-refractivity contribution in [3.05, 3.63) is 88.3 Å². The smallest absolute Gasteiger partial charge is 0.339 e. The summed E-state index contributed by atoms with van der Waals surface area (Å²) in [4.78, 5) is 27.0. The summed E-state index contributed by atoms with van der Waals surface area (Å²) in [5.74, 6) is 0.315. The van der Waals surface area contributed by atoms with Gasteiger partial charge in [-0.3, -0.25) is 14.5 Å². The number of nitrogens with zero attached hydrogens (tertiary/aromatic N) is 1. The molecule has 1 aliphatic heterocycles. The fraction of sp³-hybridized carbons (Fsp3) is 0.185. The van der Waals surface area contributed by atoms with Gasteiger partial charge in [-0.25, -0.2) is 0 Å². The summed E-state index contributed by atoms with van der Waals surface area (Å²) < 4.78 is 41.6. The number of carbonyl (C=O) groups is 2. The largest absolute Gasteiger partial charge is 0.497 e. The zero-order valence-electron chi connectivity index (χ0n) is 20.5. The van der Waals surface area contributed by atoms with Crippen LogP contribution in [0, 0.1) is 6.92 Å². The Morgan fingerprint density at radius 1 is 0.973 bits per heavy atom. The SMILES string of the molecule is CCOc1cc(/C=C2\SC(=O)N(Cc3ccccc3C)C2=O)ccc1OS(=O)(=O)c1ccc(OC)cc1. The first-order chi connectivity index (χ1) is 17.7. The van der Waals surface area contributed by atoms with Gasteiger partial charge < -0.3 is 13.7 Å². The summed E-state index contributed by atoms with van der Waals surface area (Å²) in [6.07, 6.45) is 1.58. The number of hydrogen-bond acceptors (Lipinski definition) is 8. The first kappa shape index (κ1) is 26.3. The highest BCUT2D eigenvalue weighted by Crippen LogP contribution is 2.36. The van der Waals surface area contributed by atoms with Gasteiger partial charge in [0.05, 0.1) is 25.2 Å². The third kappa shape index (κ3) is 5.98. The first-order valence-corrected chi connectivity index (χ1v) is 13.6. The van der Waals surface area contributed by atoms with Gasteiger partial charge in [0.25, 0.3) is 11.1 Å². The zero-order valence-corrected chi connectivity index (χ0v) is 22.1. The molecule has 0 N–H and O–H groups in total. The summed E-state index contributed by atoms with van der Waals surface area (Å²) in [6, 6.07) is 18.0. The molecule has 1 heterocycles. The topological polar surface area (TPSA) is 99.2 Å². The van der Waals surface area contributed by atoms with E-state index in [0.717, 1.165) is 22.9 Å². The van der Waals surface area contributed by atoms with Crippen LogP contribution in [-0.4, -0.2) is 38.2 Å². The Balaban J connectivity index is 1.57. The van der Waals surface area contributed by atoms with Crippen LogP contribution in [0.15, 0.2) is 76.5 Å². The van der Waals surface area contributed by atoms with E-state index in [9.17, 15) is 18.0 Å². The van der Waals surface area contributed by atoms with Crippen molar-refractivity contribution in [1.29, 1.82) is 0 Å². The molecule has 0 saturated carbocycles. The third-order valence-corrected chi connectivity index (χ3v) is 7.73. The van der Waals surface area contributed by atoms with Crippen molar-refractivity contribution in [2.75, 3.05) is 13.7 Å². The summed E-state index contributed by atoms with van der Waals surface area (Å²) in [5.41, 5.74) is 2.44. The van der Waals surface area contributed by atoms with Gasteiger partial charge in [-0.05, 0) is 84.8 Å². The fourth-order valence-electron chi connectivity index (χ4n) is 3.61. The highest BCUT2D eigenvalue weighted by atomic mass is 32.2. The second-order valence-corrected chi connectivity index (χ2v) is 10.6. The average Bonchev–Trinajstić information content (AvgIpc) is 3.14. The highest BCUT2D eigenvalue weighted by molar-refractivity contribution is 8.18. The summed E-state index contributed by atoms with van der Waals surface area (Å²) in [5, 5.41) is -0.352. The van der Waals surface area contributed by atoms with Crippen LogP contribution in [0.2, 0.25) is 0 Å². The van der Waals surface area contributed by atoms with E-state index < -0.39 is 16.0 Å². The van der Waals surface area contributed by atoms with Crippen LogP contribution in [0.4, 0.5) is 4.79 Å². The second kappa shape index (κ2) is 11.1. The molecular weight excluding hydrogens is 514 g/mol. The van der Waals surface area contributed by atoms with Crippen LogP contribution in [-0.2, 0) is 21.5 Å². The Morgan fingerprint density at radius 3 is 2.38 bits per heavy atom. The second-order valence-electron chi connectivity index (χ2n) is 8.05. The van der Waals surface area contributed by atoms with Gasteiger partial charge in [0.1, 0.15) is 10.6 Å². The van der Waals surface area contributed by atoms with Crippen LogP contribution in [0.5, 0.6) is 17.2 Å².